The minimum absolute atomic E-state index is 0.143. The lowest BCUT2D eigenvalue weighted by molar-refractivity contribution is 0.0696. The van der Waals surface area contributed by atoms with Crippen LogP contribution in [0.1, 0.15) is 17.3 Å². The van der Waals surface area contributed by atoms with Crippen molar-refractivity contribution >= 4 is 11.7 Å². The molecule has 0 atom stereocenters. The summed E-state index contributed by atoms with van der Waals surface area (Å²) in [6, 6.07) is 3.23. The van der Waals surface area contributed by atoms with Crippen LogP contribution in [-0.4, -0.2) is 40.0 Å². The summed E-state index contributed by atoms with van der Waals surface area (Å²) in [5, 5.41) is 29.8. The van der Waals surface area contributed by atoms with E-state index in [2.05, 4.69) is 5.32 Å². The van der Waals surface area contributed by atoms with Gasteiger partial charge in [-0.2, -0.15) is 0 Å². The molecule has 94 valence electrons. The highest BCUT2D eigenvalue weighted by Crippen LogP contribution is 2.21. The highest BCUT2D eigenvalue weighted by Gasteiger charge is 2.24. The molecule has 0 amide bonds. The highest BCUT2D eigenvalue weighted by molar-refractivity contribution is 5.94. The number of anilines is 1. The largest absolute Gasteiger partial charge is 0.478 e. The predicted octanol–water partition coefficient (Wildman–Crippen LogP) is 0.679. The van der Waals surface area contributed by atoms with E-state index in [1.165, 1.54) is 13.0 Å². The van der Waals surface area contributed by atoms with Crippen molar-refractivity contribution in [2.45, 2.75) is 12.5 Å². The summed E-state index contributed by atoms with van der Waals surface area (Å²) in [7, 11) is 0. The maximum atomic E-state index is 12.9. The number of hydrogen-bond acceptors (Lipinski definition) is 4. The molecule has 0 saturated carbocycles. The van der Waals surface area contributed by atoms with E-state index < -0.39 is 17.3 Å². The summed E-state index contributed by atoms with van der Waals surface area (Å²) >= 11 is 0. The SMILES string of the molecule is CC(CO)(CO)Nc1ccc(F)cc1C(=O)O. The van der Waals surface area contributed by atoms with Gasteiger partial charge >= 0.3 is 5.97 Å². The second-order valence-corrected chi connectivity index (χ2v) is 4.00. The van der Waals surface area contributed by atoms with E-state index >= 15 is 0 Å². The Hall–Kier alpha value is -1.66. The van der Waals surface area contributed by atoms with Crippen LogP contribution in [0.3, 0.4) is 0 Å². The summed E-state index contributed by atoms with van der Waals surface area (Å²) in [5.74, 6) is -1.95. The molecule has 0 radical (unpaired) electrons. The van der Waals surface area contributed by atoms with Gasteiger partial charge < -0.3 is 20.6 Å². The summed E-state index contributed by atoms with van der Waals surface area (Å²) < 4.78 is 12.9. The monoisotopic (exact) mass is 243 g/mol. The number of aliphatic hydroxyl groups excluding tert-OH is 2. The van der Waals surface area contributed by atoms with Crippen molar-refractivity contribution in [3.63, 3.8) is 0 Å². The first-order valence-corrected chi connectivity index (χ1v) is 4.94. The minimum atomic E-state index is -1.29. The van der Waals surface area contributed by atoms with Crippen LogP contribution in [0, 0.1) is 5.82 Å². The van der Waals surface area contributed by atoms with Crippen LogP contribution in [0.2, 0.25) is 0 Å². The Morgan fingerprint density at radius 2 is 2.00 bits per heavy atom. The molecule has 0 aliphatic heterocycles. The van der Waals surface area contributed by atoms with Crippen molar-refractivity contribution in [3.8, 4) is 0 Å². The van der Waals surface area contributed by atoms with Crippen molar-refractivity contribution < 1.29 is 24.5 Å². The van der Waals surface area contributed by atoms with E-state index in [9.17, 15) is 9.18 Å². The topological polar surface area (TPSA) is 89.8 Å². The minimum Gasteiger partial charge on any atom is -0.478 e. The number of aromatic carboxylic acids is 1. The third-order valence-corrected chi connectivity index (χ3v) is 2.35. The van der Waals surface area contributed by atoms with Crippen molar-refractivity contribution in [1.29, 1.82) is 0 Å². The average Bonchev–Trinajstić information content (AvgIpc) is 2.31. The van der Waals surface area contributed by atoms with E-state index in [0.717, 1.165) is 12.1 Å². The lowest BCUT2D eigenvalue weighted by Gasteiger charge is -2.28. The molecule has 0 heterocycles. The molecule has 5 nitrogen and oxygen atoms in total. The van der Waals surface area contributed by atoms with E-state index in [1.54, 1.807) is 0 Å². The fraction of sp³-hybridized carbons (Fsp3) is 0.364. The molecule has 0 fully saturated rings. The van der Waals surface area contributed by atoms with Gasteiger partial charge in [0.2, 0.25) is 0 Å². The molecule has 0 aliphatic carbocycles. The maximum absolute atomic E-state index is 12.9. The van der Waals surface area contributed by atoms with Gasteiger partial charge in [0, 0.05) is 5.69 Å². The Morgan fingerprint density at radius 1 is 1.41 bits per heavy atom. The Labute approximate surface area is 97.5 Å². The third kappa shape index (κ3) is 3.15. The van der Waals surface area contributed by atoms with Gasteiger partial charge in [0.05, 0.1) is 24.3 Å². The van der Waals surface area contributed by atoms with Crippen LogP contribution < -0.4 is 5.32 Å². The van der Waals surface area contributed by atoms with E-state index in [0.29, 0.717) is 0 Å². The number of aliphatic hydroxyl groups is 2. The summed E-state index contributed by atoms with van der Waals surface area (Å²) in [6.45, 7) is 0.738. The van der Waals surface area contributed by atoms with Gasteiger partial charge in [0.25, 0.3) is 0 Å². The summed E-state index contributed by atoms with van der Waals surface area (Å²) in [6.07, 6.45) is 0. The number of nitrogens with one attached hydrogen (secondary N) is 1. The first kappa shape index (κ1) is 13.4. The summed E-state index contributed by atoms with van der Waals surface area (Å²) in [4.78, 5) is 10.9. The number of carboxylic acids is 1. The van der Waals surface area contributed by atoms with Crippen LogP contribution in [0.15, 0.2) is 18.2 Å². The number of carbonyl (C=O) groups is 1. The molecule has 0 bridgehead atoms. The normalized spacial score (nSPS) is 11.3. The first-order chi connectivity index (χ1) is 7.91. The first-order valence-electron chi connectivity index (χ1n) is 4.94. The average molecular weight is 243 g/mol. The molecule has 0 aliphatic rings. The standard InChI is InChI=1S/C11H14FNO4/c1-11(5-14,6-15)13-9-3-2-7(12)4-8(9)10(16)17/h2-4,13-15H,5-6H2,1H3,(H,16,17). The Morgan fingerprint density at radius 3 is 2.47 bits per heavy atom. The van der Waals surface area contributed by atoms with Gasteiger partial charge in [-0.15, -0.1) is 0 Å². The van der Waals surface area contributed by atoms with Gasteiger partial charge in [-0.25, -0.2) is 9.18 Å². The molecule has 1 aromatic rings. The van der Waals surface area contributed by atoms with E-state index in [1.807, 2.05) is 0 Å². The predicted molar refractivity (Wildman–Crippen MR) is 59.6 cm³/mol. The maximum Gasteiger partial charge on any atom is 0.337 e. The molecule has 0 spiro atoms. The van der Waals surface area contributed by atoms with E-state index in [4.69, 9.17) is 15.3 Å². The lowest BCUT2D eigenvalue weighted by Crippen LogP contribution is -2.42. The fourth-order valence-electron chi connectivity index (χ4n) is 1.26. The second kappa shape index (κ2) is 5.11. The van der Waals surface area contributed by atoms with E-state index in [-0.39, 0.29) is 24.5 Å². The molecular formula is C11H14FNO4. The highest BCUT2D eigenvalue weighted by atomic mass is 19.1. The quantitative estimate of drug-likeness (QED) is 0.610. The molecule has 4 N–H and O–H groups in total. The zero-order valence-corrected chi connectivity index (χ0v) is 9.27. The Balaban J connectivity index is 3.10. The zero-order valence-electron chi connectivity index (χ0n) is 9.27. The van der Waals surface area contributed by atoms with Crippen molar-refractivity contribution in [3.05, 3.63) is 29.6 Å². The molecule has 1 rings (SSSR count). The smallest absolute Gasteiger partial charge is 0.337 e. The van der Waals surface area contributed by atoms with Gasteiger partial charge in [-0.3, -0.25) is 0 Å². The zero-order chi connectivity index (χ0) is 13.1. The van der Waals surface area contributed by atoms with Crippen LogP contribution in [0.4, 0.5) is 10.1 Å². The van der Waals surface area contributed by atoms with Crippen LogP contribution in [0.25, 0.3) is 0 Å². The van der Waals surface area contributed by atoms with Gasteiger partial charge in [-0.1, -0.05) is 0 Å². The van der Waals surface area contributed by atoms with Crippen molar-refractivity contribution in [2.75, 3.05) is 18.5 Å². The molecular weight excluding hydrogens is 229 g/mol. The summed E-state index contributed by atoms with van der Waals surface area (Å²) in [5.41, 5.74) is -1.18. The molecule has 6 heteroatoms. The number of benzene rings is 1. The number of hydrogen-bond donors (Lipinski definition) is 4. The fourth-order valence-corrected chi connectivity index (χ4v) is 1.26. The van der Waals surface area contributed by atoms with Crippen molar-refractivity contribution in [1.82, 2.24) is 0 Å². The number of halogens is 1. The molecule has 0 saturated heterocycles. The molecule has 17 heavy (non-hydrogen) atoms. The number of rotatable bonds is 5. The van der Waals surface area contributed by atoms with Gasteiger partial charge in [-0.05, 0) is 25.1 Å². The lowest BCUT2D eigenvalue weighted by atomic mass is 10.0. The van der Waals surface area contributed by atoms with Crippen molar-refractivity contribution in [2.24, 2.45) is 0 Å². The molecule has 0 unspecified atom stereocenters. The van der Waals surface area contributed by atoms with Crippen LogP contribution >= 0.6 is 0 Å². The Kier molecular flexibility index (Phi) is 4.03. The molecule has 0 aromatic heterocycles. The Bertz CT molecular complexity index is 418. The van der Waals surface area contributed by atoms with Gasteiger partial charge in [0.15, 0.2) is 0 Å². The van der Waals surface area contributed by atoms with Crippen LogP contribution in [0.5, 0.6) is 0 Å². The van der Waals surface area contributed by atoms with Gasteiger partial charge in [0.1, 0.15) is 5.82 Å². The second-order valence-electron chi connectivity index (χ2n) is 4.00. The van der Waals surface area contributed by atoms with Crippen LogP contribution in [-0.2, 0) is 0 Å². The number of carboxylic acid groups (broad SMARTS) is 1. The third-order valence-electron chi connectivity index (χ3n) is 2.35. The molecule has 1 aromatic carbocycles.